The molecule has 0 atom stereocenters. The summed E-state index contributed by atoms with van der Waals surface area (Å²) in [5, 5.41) is 2.93. The minimum atomic E-state index is -0.133. The van der Waals surface area contributed by atoms with Gasteiger partial charge in [0, 0.05) is 25.3 Å². The van der Waals surface area contributed by atoms with E-state index in [1.54, 1.807) is 6.92 Å². The molecule has 0 saturated heterocycles. The van der Waals surface area contributed by atoms with Crippen LogP contribution in [0.4, 0.5) is 5.69 Å². The van der Waals surface area contributed by atoms with Crippen LogP contribution in [0.3, 0.4) is 0 Å². The lowest BCUT2D eigenvalue weighted by Crippen LogP contribution is -2.37. The van der Waals surface area contributed by atoms with Crippen molar-refractivity contribution in [2.45, 2.75) is 19.8 Å². The third-order valence-corrected chi connectivity index (χ3v) is 4.36. The number of rotatable bonds is 4. The molecule has 1 aromatic heterocycles. The van der Waals surface area contributed by atoms with Crippen molar-refractivity contribution in [2.24, 2.45) is 0 Å². The van der Waals surface area contributed by atoms with Crippen LogP contribution < -0.4 is 10.2 Å². The molecule has 1 aliphatic rings. The van der Waals surface area contributed by atoms with Gasteiger partial charge in [0.25, 0.3) is 5.91 Å². The topological polar surface area (TPSA) is 58.1 Å². The SMILES string of the molecule is Cc1nsnc1C(=O)NCCN1CCCc2ccccc21. The number of nitrogens with zero attached hydrogens (tertiary/aromatic N) is 3. The number of nitrogens with one attached hydrogen (secondary N) is 1. The summed E-state index contributed by atoms with van der Waals surface area (Å²) in [4.78, 5) is 14.3. The second kappa shape index (κ2) is 6.22. The normalized spacial score (nSPS) is 13.9. The number of hydrogen-bond donors (Lipinski definition) is 1. The maximum Gasteiger partial charge on any atom is 0.273 e. The van der Waals surface area contributed by atoms with Gasteiger partial charge in [0.1, 0.15) is 0 Å². The Morgan fingerprint density at radius 1 is 1.38 bits per heavy atom. The lowest BCUT2D eigenvalue weighted by Gasteiger charge is -2.31. The highest BCUT2D eigenvalue weighted by molar-refractivity contribution is 6.99. The molecule has 1 aromatic carbocycles. The van der Waals surface area contributed by atoms with Crippen LogP contribution in [0.25, 0.3) is 0 Å². The number of fused-ring (bicyclic) bond motifs is 1. The Kier molecular flexibility index (Phi) is 4.15. The fraction of sp³-hybridized carbons (Fsp3) is 0.400. The summed E-state index contributed by atoms with van der Waals surface area (Å²) in [6.45, 7) is 4.28. The van der Waals surface area contributed by atoms with Gasteiger partial charge < -0.3 is 10.2 Å². The zero-order chi connectivity index (χ0) is 14.7. The van der Waals surface area contributed by atoms with Gasteiger partial charge in [-0.3, -0.25) is 4.79 Å². The highest BCUT2D eigenvalue weighted by Crippen LogP contribution is 2.25. The second-order valence-corrected chi connectivity index (χ2v) is 5.70. The zero-order valence-corrected chi connectivity index (χ0v) is 12.8. The second-order valence-electron chi connectivity index (χ2n) is 5.17. The zero-order valence-electron chi connectivity index (χ0n) is 12.0. The summed E-state index contributed by atoms with van der Waals surface area (Å²) in [6, 6.07) is 8.50. The maximum atomic E-state index is 12.0. The summed E-state index contributed by atoms with van der Waals surface area (Å²) in [5.74, 6) is -0.133. The number of anilines is 1. The first-order valence-corrected chi connectivity index (χ1v) is 7.89. The summed E-state index contributed by atoms with van der Waals surface area (Å²) in [5.41, 5.74) is 3.83. The largest absolute Gasteiger partial charge is 0.370 e. The first kappa shape index (κ1) is 14.0. The highest BCUT2D eigenvalue weighted by atomic mass is 32.1. The van der Waals surface area contributed by atoms with Crippen LogP contribution in [0.15, 0.2) is 24.3 Å². The summed E-state index contributed by atoms with van der Waals surface area (Å²) >= 11 is 1.08. The van der Waals surface area contributed by atoms with E-state index in [0.29, 0.717) is 17.9 Å². The smallest absolute Gasteiger partial charge is 0.273 e. The quantitative estimate of drug-likeness (QED) is 0.939. The molecule has 110 valence electrons. The molecule has 0 unspecified atom stereocenters. The molecule has 0 saturated carbocycles. The van der Waals surface area contributed by atoms with E-state index < -0.39 is 0 Å². The van der Waals surface area contributed by atoms with E-state index in [1.165, 1.54) is 17.7 Å². The first-order valence-electron chi connectivity index (χ1n) is 7.16. The standard InChI is InChI=1S/C15H18N4OS/c1-11-14(18-21-17-11)15(20)16-8-10-19-9-4-6-12-5-2-3-7-13(12)19/h2-3,5,7H,4,6,8-10H2,1H3,(H,16,20). The molecule has 1 amide bonds. The molecule has 0 radical (unpaired) electrons. The molecule has 5 nitrogen and oxygen atoms in total. The summed E-state index contributed by atoms with van der Waals surface area (Å²) < 4.78 is 8.05. The molecular weight excluding hydrogens is 284 g/mol. The monoisotopic (exact) mass is 302 g/mol. The molecule has 1 N–H and O–H groups in total. The third-order valence-electron chi connectivity index (χ3n) is 3.74. The van der Waals surface area contributed by atoms with Crippen molar-refractivity contribution in [2.75, 3.05) is 24.5 Å². The molecule has 6 heteroatoms. The molecule has 2 aromatic rings. The van der Waals surface area contributed by atoms with Crippen LogP contribution in [0.1, 0.15) is 28.2 Å². The lowest BCUT2D eigenvalue weighted by atomic mass is 10.0. The fourth-order valence-corrected chi connectivity index (χ4v) is 3.22. The minimum absolute atomic E-state index is 0.133. The maximum absolute atomic E-state index is 12.0. The number of hydrogen-bond acceptors (Lipinski definition) is 5. The first-order chi connectivity index (χ1) is 10.3. The van der Waals surface area contributed by atoms with Crippen molar-refractivity contribution < 1.29 is 4.79 Å². The van der Waals surface area contributed by atoms with E-state index in [2.05, 4.69) is 43.2 Å². The Morgan fingerprint density at radius 3 is 3.05 bits per heavy atom. The van der Waals surface area contributed by atoms with Gasteiger partial charge in [-0.2, -0.15) is 8.75 Å². The molecule has 0 fully saturated rings. The van der Waals surface area contributed by atoms with Crippen molar-refractivity contribution in [3.8, 4) is 0 Å². The highest BCUT2D eigenvalue weighted by Gasteiger charge is 2.17. The van der Waals surface area contributed by atoms with E-state index in [1.807, 2.05) is 0 Å². The lowest BCUT2D eigenvalue weighted by molar-refractivity contribution is 0.0950. The molecule has 2 heterocycles. The number of benzene rings is 1. The Balaban J connectivity index is 1.57. The van der Waals surface area contributed by atoms with Gasteiger partial charge in [-0.15, -0.1) is 0 Å². The Hall–Kier alpha value is -1.95. The van der Waals surface area contributed by atoms with Crippen LogP contribution in [-0.4, -0.2) is 34.3 Å². The molecule has 0 aliphatic carbocycles. The Bertz CT molecular complexity index is 640. The van der Waals surface area contributed by atoms with Gasteiger partial charge in [0.2, 0.25) is 0 Å². The number of amides is 1. The van der Waals surface area contributed by atoms with E-state index >= 15 is 0 Å². The van der Waals surface area contributed by atoms with Gasteiger partial charge in [-0.25, -0.2) is 0 Å². The molecule has 0 bridgehead atoms. The van der Waals surface area contributed by atoms with Crippen molar-refractivity contribution in [1.82, 2.24) is 14.1 Å². The van der Waals surface area contributed by atoms with Crippen molar-refractivity contribution in [3.63, 3.8) is 0 Å². The number of carbonyl (C=O) groups excluding carboxylic acids is 1. The molecule has 3 rings (SSSR count). The predicted molar refractivity (Wildman–Crippen MR) is 84.0 cm³/mol. The number of para-hydroxylation sites is 1. The average Bonchev–Trinajstić information content (AvgIpc) is 2.93. The van der Waals surface area contributed by atoms with E-state index in [0.717, 1.165) is 31.2 Å². The molecule has 21 heavy (non-hydrogen) atoms. The van der Waals surface area contributed by atoms with Crippen LogP contribution in [0.2, 0.25) is 0 Å². The van der Waals surface area contributed by atoms with Gasteiger partial charge >= 0.3 is 0 Å². The Morgan fingerprint density at radius 2 is 2.24 bits per heavy atom. The summed E-state index contributed by atoms with van der Waals surface area (Å²) in [7, 11) is 0. The number of aryl methyl sites for hydroxylation is 2. The van der Waals surface area contributed by atoms with E-state index in [9.17, 15) is 4.79 Å². The molecular formula is C15H18N4OS. The predicted octanol–water partition coefficient (Wildman–Crippen LogP) is 2.03. The van der Waals surface area contributed by atoms with Crippen LogP contribution in [0.5, 0.6) is 0 Å². The van der Waals surface area contributed by atoms with Gasteiger partial charge in [-0.1, -0.05) is 18.2 Å². The van der Waals surface area contributed by atoms with E-state index in [4.69, 9.17) is 0 Å². The van der Waals surface area contributed by atoms with Crippen molar-refractivity contribution in [1.29, 1.82) is 0 Å². The van der Waals surface area contributed by atoms with Crippen molar-refractivity contribution in [3.05, 3.63) is 41.2 Å². The summed E-state index contributed by atoms with van der Waals surface area (Å²) in [6.07, 6.45) is 2.31. The van der Waals surface area contributed by atoms with Gasteiger partial charge in [0.15, 0.2) is 5.69 Å². The molecule has 1 aliphatic heterocycles. The van der Waals surface area contributed by atoms with Gasteiger partial charge in [-0.05, 0) is 31.4 Å². The Labute approximate surface area is 128 Å². The number of carbonyl (C=O) groups is 1. The van der Waals surface area contributed by atoms with Crippen LogP contribution in [0, 0.1) is 6.92 Å². The third kappa shape index (κ3) is 3.05. The van der Waals surface area contributed by atoms with Gasteiger partial charge in [0.05, 0.1) is 17.4 Å². The average molecular weight is 302 g/mol. The van der Waals surface area contributed by atoms with E-state index in [-0.39, 0.29) is 5.91 Å². The van der Waals surface area contributed by atoms with Crippen LogP contribution >= 0.6 is 11.7 Å². The minimum Gasteiger partial charge on any atom is -0.370 e. The number of aromatic nitrogens is 2. The van der Waals surface area contributed by atoms with Crippen LogP contribution in [-0.2, 0) is 6.42 Å². The molecule has 0 spiro atoms. The van der Waals surface area contributed by atoms with Crippen molar-refractivity contribution >= 4 is 23.3 Å². The fourth-order valence-electron chi connectivity index (χ4n) is 2.67.